The van der Waals surface area contributed by atoms with Crippen LogP contribution in [-0.4, -0.2) is 9.38 Å². The van der Waals surface area contributed by atoms with Crippen LogP contribution in [0.25, 0.3) is 37.6 Å². The molecule has 0 spiro atoms. The molecule has 0 aliphatic carbocycles. The molecule has 0 atom stereocenters. The van der Waals surface area contributed by atoms with Gasteiger partial charge in [0, 0.05) is 16.6 Å². The molecule has 5 rings (SSSR count). The van der Waals surface area contributed by atoms with Crippen molar-refractivity contribution in [2.45, 2.75) is 0 Å². The molecule has 106 valence electrons. The molecule has 3 heterocycles. The largest absolute Gasteiger partial charge is 0.454 e. The van der Waals surface area contributed by atoms with E-state index in [1.54, 1.807) is 11.3 Å². The first-order valence-electron chi connectivity index (χ1n) is 6.84. The van der Waals surface area contributed by atoms with Crippen molar-refractivity contribution in [1.29, 1.82) is 0 Å². The Kier molecular flexibility index (Phi) is 2.42. The molecule has 0 saturated heterocycles. The number of benzene rings is 2. The standard InChI is InChI=1S/C17H9ClN2OS/c18-11-5-6-14-10(7-11)8-15(21-14)12-9-20-13-3-1-2-4-16(13)22-17(20)19-12/h1-9H. The number of nitrogens with zero attached hydrogens (tertiary/aromatic N) is 2. The zero-order valence-electron chi connectivity index (χ0n) is 11.3. The number of aromatic nitrogens is 2. The molecule has 0 amide bonds. The number of para-hydroxylation sites is 1. The lowest BCUT2D eigenvalue weighted by Gasteiger charge is -1.90. The van der Waals surface area contributed by atoms with E-state index in [-0.39, 0.29) is 0 Å². The van der Waals surface area contributed by atoms with Crippen LogP contribution in [0.3, 0.4) is 0 Å². The molecule has 0 N–H and O–H groups in total. The third kappa shape index (κ3) is 1.71. The molecule has 5 heteroatoms. The number of thiazole rings is 1. The number of fused-ring (bicyclic) bond motifs is 4. The second kappa shape index (κ2) is 4.35. The van der Waals surface area contributed by atoms with Crippen molar-refractivity contribution in [3.8, 4) is 11.5 Å². The van der Waals surface area contributed by atoms with Crippen molar-refractivity contribution in [3.63, 3.8) is 0 Å². The van der Waals surface area contributed by atoms with Crippen LogP contribution in [-0.2, 0) is 0 Å². The Morgan fingerprint density at radius 1 is 1.09 bits per heavy atom. The molecule has 3 aromatic heterocycles. The maximum Gasteiger partial charge on any atom is 0.195 e. The summed E-state index contributed by atoms with van der Waals surface area (Å²) in [5, 5.41) is 1.69. The third-order valence-electron chi connectivity index (χ3n) is 3.73. The third-order valence-corrected chi connectivity index (χ3v) is 5.00. The molecule has 0 aliphatic heterocycles. The summed E-state index contributed by atoms with van der Waals surface area (Å²) in [6.07, 6.45) is 2.02. The van der Waals surface area contributed by atoms with E-state index in [0.29, 0.717) is 5.02 Å². The quantitative estimate of drug-likeness (QED) is 0.401. The van der Waals surface area contributed by atoms with E-state index < -0.39 is 0 Å². The number of halogens is 1. The van der Waals surface area contributed by atoms with Gasteiger partial charge in [0.15, 0.2) is 10.7 Å². The first-order valence-corrected chi connectivity index (χ1v) is 8.03. The minimum absolute atomic E-state index is 0.705. The Morgan fingerprint density at radius 3 is 2.95 bits per heavy atom. The molecule has 3 nitrogen and oxygen atoms in total. The zero-order chi connectivity index (χ0) is 14.7. The molecule has 0 fully saturated rings. The monoisotopic (exact) mass is 324 g/mol. The molecule has 0 saturated carbocycles. The van der Waals surface area contributed by atoms with E-state index in [2.05, 4.69) is 16.5 Å². The van der Waals surface area contributed by atoms with Gasteiger partial charge in [-0.3, -0.25) is 4.40 Å². The van der Waals surface area contributed by atoms with E-state index in [1.807, 2.05) is 42.6 Å². The van der Waals surface area contributed by atoms with Crippen LogP contribution in [0.15, 0.2) is 59.1 Å². The first kappa shape index (κ1) is 12.3. The van der Waals surface area contributed by atoms with Crippen LogP contribution >= 0.6 is 22.9 Å². The van der Waals surface area contributed by atoms with Gasteiger partial charge in [0.25, 0.3) is 0 Å². The fourth-order valence-corrected chi connectivity index (χ4v) is 3.90. The fraction of sp³-hybridized carbons (Fsp3) is 0. The van der Waals surface area contributed by atoms with Crippen LogP contribution in [0.5, 0.6) is 0 Å². The molecule has 22 heavy (non-hydrogen) atoms. The van der Waals surface area contributed by atoms with Crippen molar-refractivity contribution < 1.29 is 4.42 Å². The molecule has 0 radical (unpaired) electrons. The SMILES string of the molecule is Clc1ccc2oc(-c3cn4c(n3)sc3ccccc34)cc2c1. The zero-order valence-corrected chi connectivity index (χ0v) is 12.9. The first-order chi connectivity index (χ1) is 10.8. The Morgan fingerprint density at radius 2 is 2.00 bits per heavy atom. The molecule has 0 unspecified atom stereocenters. The van der Waals surface area contributed by atoms with Crippen LogP contribution in [0.4, 0.5) is 0 Å². The molecular formula is C17H9ClN2OS. The minimum atomic E-state index is 0.705. The minimum Gasteiger partial charge on any atom is -0.454 e. The number of imidazole rings is 1. The summed E-state index contributed by atoms with van der Waals surface area (Å²) in [6, 6.07) is 15.9. The normalized spacial score (nSPS) is 11.9. The summed E-state index contributed by atoms with van der Waals surface area (Å²) in [7, 11) is 0. The lowest BCUT2D eigenvalue weighted by Crippen LogP contribution is -1.75. The van der Waals surface area contributed by atoms with Gasteiger partial charge in [-0.05, 0) is 36.4 Å². The summed E-state index contributed by atoms with van der Waals surface area (Å²) in [5.74, 6) is 0.761. The Balaban J connectivity index is 1.74. The van der Waals surface area contributed by atoms with Gasteiger partial charge >= 0.3 is 0 Å². The van der Waals surface area contributed by atoms with Crippen LogP contribution < -0.4 is 0 Å². The van der Waals surface area contributed by atoms with E-state index in [4.69, 9.17) is 21.0 Å². The topological polar surface area (TPSA) is 30.4 Å². The van der Waals surface area contributed by atoms with Gasteiger partial charge in [0.2, 0.25) is 0 Å². The lowest BCUT2D eigenvalue weighted by molar-refractivity contribution is 0.629. The molecular weight excluding hydrogens is 316 g/mol. The summed E-state index contributed by atoms with van der Waals surface area (Å²) in [5.41, 5.74) is 2.82. The average Bonchev–Trinajstić information content (AvgIpc) is 3.17. The summed E-state index contributed by atoms with van der Waals surface area (Å²) in [6.45, 7) is 0. The molecule has 0 aliphatic rings. The Bertz CT molecular complexity index is 1150. The van der Waals surface area contributed by atoms with Crippen molar-refractivity contribution in [2.24, 2.45) is 0 Å². The highest BCUT2D eigenvalue weighted by Gasteiger charge is 2.13. The van der Waals surface area contributed by atoms with Crippen molar-refractivity contribution >= 4 is 49.1 Å². The molecule has 2 aromatic carbocycles. The number of furan rings is 1. The summed E-state index contributed by atoms with van der Waals surface area (Å²) >= 11 is 7.70. The maximum atomic E-state index is 6.03. The van der Waals surface area contributed by atoms with E-state index in [0.717, 1.165) is 27.4 Å². The number of rotatable bonds is 1. The van der Waals surface area contributed by atoms with E-state index in [9.17, 15) is 0 Å². The van der Waals surface area contributed by atoms with Crippen molar-refractivity contribution in [2.75, 3.05) is 0 Å². The van der Waals surface area contributed by atoms with Gasteiger partial charge in [-0.1, -0.05) is 35.1 Å². The van der Waals surface area contributed by atoms with Gasteiger partial charge in [0.1, 0.15) is 11.3 Å². The Labute approximate surface area is 134 Å². The second-order valence-electron chi connectivity index (χ2n) is 5.14. The summed E-state index contributed by atoms with van der Waals surface area (Å²) < 4.78 is 9.23. The maximum absolute atomic E-state index is 6.03. The highest BCUT2D eigenvalue weighted by atomic mass is 35.5. The van der Waals surface area contributed by atoms with Gasteiger partial charge in [-0.25, -0.2) is 4.98 Å². The predicted molar refractivity (Wildman–Crippen MR) is 90.8 cm³/mol. The highest BCUT2D eigenvalue weighted by molar-refractivity contribution is 7.23. The van der Waals surface area contributed by atoms with Crippen LogP contribution in [0, 0.1) is 0 Å². The van der Waals surface area contributed by atoms with E-state index in [1.165, 1.54) is 10.2 Å². The highest BCUT2D eigenvalue weighted by Crippen LogP contribution is 2.32. The number of hydrogen-bond acceptors (Lipinski definition) is 3. The van der Waals surface area contributed by atoms with Crippen molar-refractivity contribution in [1.82, 2.24) is 9.38 Å². The molecule has 0 bridgehead atoms. The van der Waals surface area contributed by atoms with E-state index >= 15 is 0 Å². The average molecular weight is 325 g/mol. The lowest BCUT2D eigenvalue weighted by atomic mass is 10.2. The fourth-order valence-electron chi connectivity index (χ4n) is 2.71. The second-order valence-corrected chi connectivity index (χ2v) is 6.59. The predicted octanol–water partition coefficient (Wildman–Crippen LogP) is 5.62. The van der Waals surface area contributed by atoms with Crippen molar-refractivity contribution in [3.05, 3.63) is 59.8 Å². The van der Waals surface area contributed by atoms with Gasteiger partial charge < -0.3 is 4.42 Å². The Hall–Kier alpha value is -2.30. The number of hydrogen-bond donors (Lipinski definition) is 0. The van der Waals surface area contributed by atoms with Crippen LogP contribution in [0.2, 0.25) is 5.02 Å². The van der Waals surface area contributed by atoms with Gasteiger partial charge in [-0.2, -0.15) is 0 Å². The smallest absolute Gasteiger partial charge is 0.195 e. The van der Waals surface area contributed by atoms with Gasteiger partial charge in [0.05, 0.1) is 10.2 Å². The summed E-state index contributed by atoms with van der Waals surface area (Å²) in [4.78, 5) is 5.66. The van der Waals surface area contributed by atoms with Gasteiger partial charge in [-0.15, -0.1) is 0 Å². The van der Waals surface area contributed by atoms with Crippen LogP contribution in [0.1, 0.15) is 0 Å². The molecule has 5 aromatic rings.